The van der Waals surface area contributed by atoms with E-state index in [2.05, 4.69) is 10.1 Å². The Labute approximate surface area is 215 Å². The maximum atomic E-state index is 12.9. The average molecular weight is 513 g/mol. The van der Waals surface area contributed by atoms with E-state index in [4.69, 9.17) is 20.6 Å². The van der Waals surface area contributed by atoms with Gasteiger partial charge in [-0.3, -0.25) is 15.0 Å². The highest BCUT2D eigenvalue weighted by Gasteiger charge is 2.36. The number of esters is 1. The summed E-state index contributed by atoms with van der Waals surface area (Å²) in [6.45, 7) is 0.859. The lowest BCUT2D eigenvalue weighted by atomic mass is 10.0. The fourth-order valence-electron chi connectivity index (χ4n) is 4.27. The van der Waals surface area contributed by atoms with Crippen molar-refractivity contribution in [2.75, 3.05) is 20.3 Å². The van der Waals surface area contributed by atoms with E-state index in [-0.39, 0.29) is 55.0 Å². The molecule has 11 heteroatoms. The average Bonchev–Trinajstić information content (AvgIpc) is 3.53. The standard InChI is InChI=1S/C25H28N6O4.ClH/c1-34-24(33)11-17-10-21(31(12-17)23(32)13-30-16-28-15-29-30)14-35-22-8-6-19(7-9-22)18-2-4-20(5-3-18)25(26)27;/h2-9,15-17,21H,10-14H2,1H3,(H3,26,27);1H/t17-,21-;/m0./s1. The number of nitrogens with zero attached hydrogens (tertiary/aromatic N) is 4. The predicted octanol–water partition coefficient (Wildman–Crippen LogP) is 2.51. The molecule has 0 spiro atoms. The first-order valence-electron chi connectivity index (χ1n) is 11.3. The number of aromatic nitrogens is 3. The van der Waals surface area contributed by atoms with Gasteiger partial charge in [-0.1, -0.05) is 36.4 Å². The first-order valence-corrected chi connectivity index (χ1v) is 11.3. The Hall–Kier alpha value is -3.92. The SMILES string of the molecule is COC(=O)C[C@@H]1C[C@@H](COc2ccc(-c3ccc(C(=N)N)cc3)cc2)N(C(=O)Cn2cncn2)C1.Cl. The van der Waals surface area contributed by atoms with Gasteiger partial charge in [-0.15, -0.1) is 12.4 Å². The molecule has 190 valence electrons. The van der Waals surface area contributed by atoms with Gasteiger partial charge >= 0.3 is 5.97 Å². The molecule has 4 rings (SSSR count). The summed E-state index contributed by atoms with van der Waals surface area (Å²) >= 11 is 0. The van der Waals surface area contributed by atoms with Crippen molar-refractivity contribution in [1.82, 2.24) is 19.7 Å². The van der Waals surface area contributed by atoms with Crippen LogP contribution in [0.4, 0.5) is 0 Å². The van der Waals surface area contributed by atoms with Gasteiger partial charge in [0.25, 0.3) is 0 Å². The van der Waals surface area contributed by atoms with Crippen molar-refractivity contribution in [2.45, 2.75) is 25.4 Å². The zero-order chi connectivity index (χ0) is 24.8. The molecule has 10 nitrogen and oxygen atoms in total. The summed E-state index contributed by atoms with van der Waals surface area (Å²) in [4.78, 5) is 30.4. The summed E-state index contributed by atoms with van der Waals surface area (Å²) in [6, 6.07) is 15.0. The van der Waals surface area contributed by atoms with Crippen molar-refractivity contribution >= 4 is 30.1 Å². The Morgan fingerprint density at radius 2 is 1.78 bits per heavy atom. The van der Waals surface area contributed by atoms with Gasteiger partial charge in [0, 0.05) is 12.1 Å². The zero-order valence-corrected chi connectivity index (χ0v) is 20.7. The third-order valence-corrected chi connectivity index (χ3v) is 6.09. The van der Waals surface area contributed by atoms with Crippen LogP contribution in [0, 0.1) is 11.3 Å². The van der Waals surface area contributed by atoms with E-state index in [9.17, 15) is 9.59 Å². The lowest BCUT2D eigenvalue weighted by molar-refractivity contribution is -0.142. The van der Waals surface area contributed by atoms with Crippen LogP contribution in [0.3, 0.4) is 0 Å². The number of nitrogen functional groups attached to an aromatic ring is 1. The number of likely N-dealkylation sites (tertiary alicyclic amines) is 1. The van der Waals surface area contributed by atoms with Crippen molar-refractivity contribution in [3.8, 4) is 16.9 Å². The summed E-state index contributed by atoms with van der Waals surface area (Å²) in [5.74, 6) is 0.355. The number of carbonyl (C=O) groups excluding carboxylic acids is 2. The van der Waals surface area contributed by atoms with Crippen LogP contribution >= 0.6 is 12.4 Å². The lowest BCUT2D eigenvalue weighted by Gasteiger charge is -2.24. The van der Waals surface area contributed by atoms with Crippen molar-refractivity contribution in [1.29, 1.82) is 5.41 Å². The number of nitrogens with one attached hydrogen (secondary N) is 1. The van der Waals surface area contributed by atoms with Crippen LogP contribution in [0.5, 0.6) is 5.75 Å². The highest BCUT2D eigenvalue weighted by Crippen LogP contribution is 2.28. The van der Waals surface area contributed by atoms with E-state index >= 15 is 0 Å². The summed E-state index contributed by atoms with van der Waals surface area (Å²) < 4.78 is 12.3. The number of nitrogens with two attached hydrogens (primary N) is 1. The molecule has 36 heavy (non-hydrogen) atoms. The minimum Gasteiger partial charge on any atom is -0.491 e. The molecule has 3 N–H and O–H groups in total. The first-order chi connectivity index (χ1) is 16.9. The molecule has 1 saturated heterocycles. The summed E-state index contributed by atoms with van der Waals surface area (Å²) in [6.07, 6.45) is 3.80. The number of benzene rings is 2. The number of hydrogen-bond acceptors (Lipinski definition) is 7. The molecule has 0 radical (unpaired) electrons. The third-order valence-electron chi connectivity index (χ3n) is 6.09. The van der Waals surface area contributed by atoms with Gasteiger partial charge in [0.05, 0.1) is 19.6 Å². The van der Waals surface area contributed by atoms with Gasteiger partial charge in [0.2, 0.25) is 5.91 Å². The van der Waals surface area contributed by atoms with Gasteiger partial charge < -0.3 is 20.1 Å². The minimum absolute atomic E-state index is 0. The van der Waals surface area contributed by atoms with E-state index < -0.39 is 0 Å². The van der Waals surface area contributed by atoms with Gasteiger partial charge in [-0.2, -0.15) is 5.10 Å². The number of carbonyl (C=O) groups is 2. The maximum absolute atomic E-state index is 12.9. The van der Waals surface area contributed by atoms with E-state index in [1.165, 1.54) is 24.4 Å². The molecule has 0 saturated carbocycles. The number of halogens is 1. The second-order valence-electron chi connectivity index (χ2n) is 8.50. The number of amidine groups is 1. The van der Waals surface area contributed by atoms with Gasteiger partial charge in [0.1, 0.15) is 37.4 Å². The van der Waals surface area contributed by atoms with Gasteiger partial charge in [-0.25, -0.2) is 9.67 Å². The fourth-order valence-corrected chi connectivity index (χ4v) is 4.27. The lowest BCUT2D eigenvalue weighted by Crippen LogP contribution is -2.41. The van der Waals surface area contributed by atoms with Crippen LogP contribution in [-0.2, 0) is 20.9 Å². The summed E-state index contributed by atoms with van der Waals surface area (Å²) in [5, 5.41) is 11.5. The van der Waals surface area contributed by atoms with Crippen molar-refractivity contribution < 1.29 is 19.1 Å². The van der Waals surface area contributed by atoms with Crippen molar-refractivity contribution in [2.24, 2.45) is 11.7 Å². The Bertz CT molecular complexity index is 1170. The van der Waals surface area contributed by atoms with Crippen LogP contribution in [-0.4, -0.2) is 63.7 Å². The maximum Gasteiger partial charge on any atom is 0.305 e. The summed E-state index contributed by atoms with van der Waals surface area (Å²) in [7, 11) is 1.37. The minimum atomic E-state index is -0.285. The van der Waals surface area contributed by atoms with Gasteiger partial charge in [-0.05, 0) is 35.6 Å². The molecule has 2 heterocycles. The monoisotopic (exact) mass is 512 g/mol. The molecular weight excluding hydrogens is 484 g/mol. The number of ether oxygens (including phenoxy) is 2. The molecule has 2 atom stereocenters. The largest absolute Gasteiger partial charge is 0.491 e. The quantitative estimate of drug-likeness (QED) is 0.255. The molecule has 0 unspecified atom stereocenters. The number of hydrogen-bond donors (Lipinski definition) is 2. The van der Waals surface area contributed by atoms with Crippen LogP contribution in [0.15, 0.2) is 61.2 Å². The van der Waals surface area contributed by atoms with E-state index in [0.29, 0.717) is 30.9 Å². The van der Waals surface area contributed by atoms with E-state index in [1.54, 1.807) is 4.90 Å². The molecule has 0 bridgehead atoms. The molecule has 0 aliphatic carbocycles. The Kier molecular flexibility index (Phi) is 9.02. The molecule has 1 aliphatic heterocycles. The normalized spacial score (nSPS) is 16.8. The van der Waals surface area contributed by atoms with Crippen LogP contribution in [0.2, 0.25) is 0 Å². The van der Waals surface area contributed by atoms with Crippen LogP contribution < -0.4 is 10.5 Å². The molecule has 2 aromatic carbocycles. The smallest absolute Gasteiger partial charge is 0.305 e. The molecule has 1 amide bonds. The Balaban J connectivity index is 0.00000361. The molecule has 1 aromatic heterocycles. The van der Waals surface area contributed by atoms with E-state index in [1.807, 2.05) is 48.5 Å². The second kappa shape index (κ2) is 12.2. The fraction of sp³-hybridized carbons (Fsp3) is 0.320. The summed E-state index contributed by atoms with van der Waals surface area (Å²) in [5.41, 5.74) is 8.22. The van der Waals surface area contributed by atoms with Crippen LogP contribution in [0.25, 0.3) is 11.1 Å². The topological polar surface area (TPSA) is 136 Å². The molecule has 3 aromatic rings. The number of amides is 1. The number of rotatable bonds is 9. The second-order valence-corrected chi connectivity index (χ2v) is 8.50. The van der Waals surface area contributed by atoms with Crippen molar-refractivity contribution in [3.63, 3.8) is 0 Å². The molecule has 1 fully saturated rings. The zero-order valence-electron chi connectivity index (χ0n) is 19.9. The molecular formula is C25H29ClN6O4. The highest BCUT2D eigenvalue weighted by atomic mass is 35.5. The van der Waals surface area contributed by atoms with Crippen molar-refractivity contribution in [3.05, 3.63) is 66.7 Å². The Morgan fingerprint density at radius 1 is 1.11 bits per heavy atom. The predicted molar refractivity (Wildman–Crippen MR) is 136 cm³/mol. The Morgan fingerprint density at radius 3 is 2.36 bits per heavy atom. The van der Waals surface area contributed by atoms with Gasteiger partial charge in [0.15, 0.2) is 0 Å². The van der Waals surface area contributed by atoms with Crippen LogP contribution in [0.1, 0.15) is 18.4 Å². The third kappa shape index (κ3) is 6.60. The van der Waals surface area contributed by atoms with E-state index in [0.717, 1.165) is 11.1 Å². The molecule has 1 aliphatic rings. The first kappa shape index (κ1) is 26.7. The number of methoxy groups -OCH3 is 1. The highest BCUT2D eigenvalue weighted by molar-refractivity contribution is 5.95.